The first kappa shape index (κ1) is 16.1. The van der Waals surface area contributed by atoms with Gasteiger partial charge < -0.3 is 9.52 Å². The molecule has 0 spiro atoms. The maximum Gasteiger partial charge on any atom is 0.332 e. The van der Waals surface area contributed by atoms with Crippen LogP contribution in [0, 0.1) is 22.7 Å². The van der Waals surface area contributed by atoms with Crippen LogP contribution in [0.1, 0.15) is 45.6 Å². The van der Waals surface area contributed by atoms with Gasteiger partial charge in [0, 0.05) is 11.0 Å². The van der Waals surface area contributed by atoms with E-state index in [9.17, 15) is 9.90 Å². The van der Waals surface area contributed by atoms with E-state index in [1.807, 2.05) is 18.4 Å². The maximum atomic E-state index is 11.7. The van der Waals surface area contributed by atoms with E-state index in [0.717, 1.165) is 25.7 Å². The SMILES string of the molecule is C[C@@H]1CC[C@@]2(C)C(C(=O)O)=CC=C[C@H]2[C@@]1(C)CCc1ccoc1. The van der Waals surface area contributed by atoms with Gasteiger partial charge in [0.2, 0.25) is 0 Å². The van der Waals surface area contributed by atoms with E-state index in [4.69, 9.17) is 4.42 Å². The Hall–Kier alpha value is -1.77. The van der Waals surface area contributed by atoms with E-state index >= 15 is 0 Å². The Labute approximate surface area is 138 Å². The lowest BCUT2D eigenvalue weighted by atomic mass is 9.48. The third kappa shape index (κ3) is 2.56. The third-order valence-corrected chi connectivity index (χ3v) is 6.56. The Bertz CT molecular complexity index is 640. The molecule has 0 aromatic carbocycles. The Morgan fingerprint density at radius 2 is 2.22 bits per heavy atom. The first-order valence-corrected chi connectivity index (χ1v) is 8.51. The summed E-state index contributed by atoms with van der Waals surface area (Å²) in [5.74, 6) is 0.0700. The molecule has 1 heterocycles. The normalized spacial score (nSPS) is 36.4. The van der Waals surface area contributed by atoms with E-state index < -0.39 is 5.97 Å². The second-order valence-electron chi connectivity index (χ2n) is 7.74. The lowest BCUT2D eigenvalue weighted by Gasteiger charge is -2.56. The van der Waals surface area contributed by atoms with Crippen LogP contribution in [0.15, 0.2) is 46.8 Å². The van der Waals surface area contributed by atoms with Crippen LogP contribution in [0.5, 0.6) is 0 Å². The molecule has 3 rings (SSSR count). The molecule has 3 heteroatoms. The van der Waals surface area contributed by atoms with E-state index in [-0.39, 0.29) is 16.7 Å². The number of aryl methyl sites for hydroxylation is 1. The monoisotopic (exact) mass is 314 g/mol. The second-order valence-corrected chi connectivity index (χ2v) is 7.74. The van der Waals surface area contributed by atoms with Crippen molar-refractivity contribution >= 4 is 5.97 Å². The van der Waals surface area contributed by atoms with Crippen LogP contribution in [0.25, 0.3) is 0 Å². The molecule has 2 aliphatic rings. The summed E-state index contributed by atoms with van der Waals surface area (Å²) in [5, 5.41) is 9.64. The molecular formula is C20H26O3. The summed E-state index contributed by atoms with van der Waals surface area (Å²) in [4.78, 5) is 11.7. The van der Waals surface area contributed by atoms with Gasteiger partial charge in [0.25, 0.3) is 0 Å². The van der Waals surface area contributed by atoms with Gasteiger partial charge in [-0.2, -0.15) is 0 Å². The van der Waals surface area contributed by atoms with Crippen molar-refractivity contribution in [2.24, 2.45) is 22.7 Å². The van der Waals surface area contributed by atoms with Crippen molar-refractivity contribution in [2.75, 3.05) is 0 Å². The van der Waals surface area contributed by atoms with E-state index in [1.165, 1.54) is 5.56 Å². The van der Waals surface area contributed by atoms with Crippen molar-refractivity contribution in [3.8, 4) is 0 Å². The number of fused-ring (bicyclic) bond motifs is 1. The predicted octanol–water partition coefficient (Wildman–Crippen LogP) is 4.85. The van der Waals surface area contributed by atoms with Gasteiger partial charge >= 0.3 is 5.97 Å². The molecule has 0 amide bonds. The quantitative estimate of drug-likeness (QED) is 0.864. The van der Waals surface area contributed by atoms with Gasteiger partial charge in [-0.15, -0.1) is 0 Å². The largest absolute Gasteiger partial charge is 0.478 e. The molecule has 2 aliphatic carbocycles. The molecule has 0 bridgehead atoms. The molecule has 4 atom stereocenters. The topological polar surface area (TPSA) is 50.4 Å². The average Bonchev–Trinajstić information content (AvgIpc) is 3.02. The molecule has 0 aliphatic heterocycles. The Kier molecular flexibility index (Phi) is 3.99. The molecular weight excluding hydrogens is 288 g/mol. The zero-order valence-corrected chi connectivity index (χ0v) is 14.2. The number of carboxylic acid groups (broad SMARTS) is 1. The summed E-state index contributed by atoms with van der Waals surface area (Å²) in [5.41, 5.74) is 1.62. The number of rotatable bonds is 4. The van der Waals surface area contributed by atoms with Crippen molar-refractivity contribution in [1.82, 2.24) is 0 Å². The number of furan rings is 1. The van der Waals surface area contributed by atoms with Gasteiger partial charge in [-0.25, -0.2) is 4.79 Å². The highest BCUT2D eigenvalue weighted by Gasteiger charge is 2.54. The number of allylic oxidation sites excluding steroid dienone is 3. The van der Waals surface area contributed by atoms with Gasteiger partial charge in [0.15, 0.2) is 0 Å². The highest BCUT2D eigenvalue weighted by molar-refractivity contribution is 5.89. The molecule has 1 aromatic rings. The second kappa shape index (κ2) is 5.70. The Morgan fingerprint density at radius 1 is 1.43 bits per heavy atom. The van der Waals surface area contributed by atoms with Crippen LogP contribution in [0.2, 0.25) is 0 Å². The minimum atomic E-state index is -0.770. The third-order valence-electron chi connectivity index (χ3n) is 6.56. The lowest BCUT2D eigenvalue weighted by molar-refractivity contribution is -0.135. The summed E-state index contributed by atoms with van der Waals surface area (Å²) in [6, 6.07) is 2.02. The van der Waals surface area contributed by atoms with Crippen molar-refractivity contribution in [3.05, 3.63) is 48.0 Å². The molecule has 0 saturated heterocycles. The fourth-order valence-corrected chi connectivity index (χ4v) is 4.79. The van der Waals surface area contributed by atoms with Crippen LogP contribution >= 0.6 is 0 Å². The summed E-state index contributed by atoms with van der Waals surface area (Å²) in [6.45, 7) is 6.81. The smallest absolute Gasteiger partial charge is 0.332 e. The standard InChI is InChI=1S/C20H26O3/c1-14-7-10-20(3)16(18(21)22)5-4-6-17(20)19(14,2)11-8-15-9-12-23-13-15/h4-6,9,12-14,17H,7-8,10-11H2,1-3H3,(H,21,22)/t14-,17+,19+,20+/m1/s1. The summed E-state index contributed by atoms with van der Waals surface area (Å²) in [6.07, 6.45) is 13.6. The molecule has 1 saturated carbocycles. The molecule has 1 N–H and O–H groups in total. The van der Waals surface area contributed by atoms with Crippen molar-refractivity contribution in [1.29, 1.82) is 0 Å². The molecule has 3 nitrogen and oxygen atoms in total. The molecule has 0 unspecified atom stereocenters. The fraction of sp³-hybridized carbons (Fsp3) is 0.550. The summed E-state index contributed by atoms with van der Waals surface area (Å²) in [7, 11) is 0. The first-order valence-electron chi connectivity index (χ1n) is 8.51. The van der Waals surface area contributed by atoms with Gasteiger partial charge in [-0.05, 0) is 54.6 Å². The molecule has 1 fully saturated rings. The minimum absolute atomic E-state index is 0.0930. The van der Waals surface area contributed by atoms with Crippen molar-refractivity contribution in [3.63, 3.8) is 0 Å². The molecule has 0 radical (unpaired) electrons. The lowest BCUT2D eigenvalue weighted by Crippen LogP contribution is -2.50. The fourth-order valence-electron chi connectivity index (χ4n) is 4.79. The number of hydrogen-bond acceptors (Lipinski definition) is 2. The van der Waals surface area contributed by atoms with Gasteiger partial charge in [-0.3, -0.25) is 0 Å². The maximum absolute atomic E-state index is 11.7. The number of aliphatic carboxylic acids is 1. The van der Waals surface area contributed by atoms with Gasteiger partial charge in [0.05, 0.1) is 12.5 Å². The van der Waals surface area contributed by atoms with Gasteiger partial charge in [0.1, 0.15) is 0 Å². The highest BCUT2D eigenvalue weighted by Crippen LogP contribution is 2.60. The highest BCUT2D eigenvalue weighted by atomic mass is 16.4. The minimum Gasteiger partial charge on any atom is -0.478 e. The van der Waals surface area contributed by atoms with E-state index in [2.05, 4.69) is 26.8 Å². The Morgan fingerprint density at radius 3 is 2.87 bits per heavy atom. The van der Waals surface area contributed by atoms with Crippen molar-refractivity contribution < 1.29 is 14.3 Å². The van der Waals surface area contributed by atoms with Crippen LogP contribution in [-0.4, -0.2) is 11.1 Å². The van der Waals surface area contributed by atoms with Crippen LogP contribution in [0.4, 0.5) is 0 Å². The average molecular weight is 314 g/mol. The molecule has 23 heavy (non-hydrogen) atoms. The van der Waals surface area contributed by atoms with Crippen LogP contribution < -0.4 is 0 Å². The zero-order chi connectivity index (χ0) is 16.7. The number of hydrogen-bond donors (Lipinski definition) is 1. The van der Waals surface area contributed by atoms with Crippen LogP contribution in [-0.2, 0) is 11.2 Å². The zero-order valence-electron chi connectivity index (χ0n) is 14.2. The van der Waals surface area contributed by atoms with Crippen molar-refractivity contribution in [2.45, 2.75) is 46.5 Å². The summed E-state index contributed by atoms with van der Waals surface area (Å²) >= 11 is 0. The molecule has 1 aromatic heterocycles. The Balaban J connectivity index is 1.91. The van der Waals surface area contributed by atoms with E-state index in [1.54, 1.807) is 12.3 Å². The first-order chi connectivity index (χ1) is 10.9. The van der Waals surface area contributed by atoms with Gasteiger partial charge in [-0.1, -0.05) is 39.0 Å². The van der Waals surface area contributed by atoms with Crippen LogP contribution in [0.3, 0.4) is 0 Å². The summed E-state index contributed by atoms with van der Waals surface area (Å²) < 4.78 is 5.19. The number of carboxylic acids is 1. The predicted molar refractivity (Wildman–Crippen MR) is 90.0 cm³/mol. The van der Waals surface area contributed by atoms with E-state index in [0.29, 0.717) is 11.5 Å². The molecule has 124 valence electrons. The number of carbonyl (C=O) groups is 1.